The van der Waals surface area contributed by atoms with E-state index in [0.29, 0.717) is 6.42 Å². The van der Waals surface area contributed by atoms with Crippen molar-refractivity contribution >= 4 is 22.7 Å². The zero-order valence-corrected chi connectivity index (χ0v) is 15.3. The van der Waals surface area contributed by atoms with Crippen molar-refractivity contribution in [3.8, 4) is 0 Å². The molecule has 2 nitrogen and oxygen atoms in total. The van der Waals surface area contributed by atoms with E-state index in [9.17, 15) is 4.79 Å². The molecule has 0 saturated heterocycles. The highest BCUT2D eigenvalue weighted by atomic mass is 28.4. The first kappa shape index (κ1) is 17.8. The SMILES string of the molecule is CC(C)(C)[Si](C)(C)OC(/C=C/[Si](C)(C)C)CC=O. The lowest BCUT2D eigenvalue weighted by Crippen LogP contribution is -2.43. The molecule has 0 aromatic rings. The van der Waals surface area contributed by atoms with Gasteiger partial charge in [0.1, 0.15) is 6.29 Å². The molecule has 0 aromatic carbocycles. The van der Waals surface area contributed by atoms with Crippen LogP contribution in [0.1, 0.15) is 27.2 Å². The molecular formula is C14H30O2Si2. The fourth-order valence-electron chi connectivity index (χ4n) is 1.21. The average molecular weight is 287 g/mol. The average Bonchev–Trinajstić information content (AvgIpc) is 2.11. The summed E-state index contributed by atoms with van der Waals surface area (Å²) < 4.78 is 6.28. The maximum Gasteiger partial charge on any atom is 0.192 e. The largest absolute Gasteiger partial charge is 0.410 e. The smallest absolute Gasteiger partial charge is 0.192 e. The van der Waals surface area contributed by atoms with Gasteiger partial charge in [0.25, 0.3) is 0 Å². The predicted molar refractivity (Wildman–Crippen MR) is 85.2 cm³/mol. The number of hydrogen-bond acceptors (Lipinski definition) is 2. The van der Waals surface area contributed by atoms with Gasteiger partial charge in [-0.15, -0.1) is 0 Å². The van der Waals surface area contributed by atoms with Crippen LogP contribution in [0.2, 0.25) is 37.8 Å². The zero-order valence-electron chi connectivity index (χ0n) is 13.3. The minimum Gasteiger partial charge on any atom is -0.410 e. The quantitative estimate of drug-likeness (QED) is 0.534. The first-order valence-electron chi connectivity index (χ1n) is 6.70. The molecule has 1 unspecified atom stereocenters. The molecule has 0 heterocycles. The summed E-state index contributed by atoms with van der Waals surface area (Å²) in [6.07, 6.45) is 3.50. The highest BCUT2D eigenvalue weighted by molar-refractivity contribution is 6.81. The van der Waals surface area contributed by atoms with Gasteiger partial charge in [0.2, 0.25) is 0 Å². The number of carbonyl (C=O) groups is 1. The maximum absolute atomic E-state index is 10.8. The van der Waals surface area contributed by atoms with E-state index in [1.807, 2.05) is 0 Å². The normalized spacial score (nSPS) is 16.0. The minimum atomic E-state index is -1.80. The fraction of sp³-hybridized carbons (Fsp3) is 0.786. The van der Waals surface area contributed by atoms with Gasteiger partial charge in [-0.3, -0.25) is 0 Å². The van der Waals surface area contributed by atoms with Crippen molar-refractivity contribution in [1.82, 2.24) is 0 Å². The fourth-order valence-corrected chi connectivity index (χ4v) is 3.29. The Morgan fingerprint density at radius 2 is 1.61 bits per heavy atom. The van der Waals surface area contributed by atoms with Crippen LogP contribution >= 0.6 is 0 Å². The molecule has 0 aliphatic rings. The van der Waals surface area contributed by atoms with E-state index in [1.165, 1.54) is 0 Å². The van der Waals surface area contributed by atoms with Crippen molar-refractivity contribution < 1.29 is 9.22 Å². The van der Waals surface area contributed by atoms with Crippen molar-refractivity contribution in [2.75, 3.05) is 0 Å². The van der Waals surface area contributed by atoms with E-state index in [2.05, 4.69) is 65.3 Å². The lowest BCUT2D eigenvalue weighted by Gasteiger charge is -2.38. The summed E-state index contributed by atoms with van der Waals surface area (Å²) >= 11 is 0. The second-order valence-corrected chi connectivity index (χ2v) is 17.4. The van der Waals surface area contributed by atoms with Crippen LogP contribution in [0, 0.1) is 0 Å². The third-order valence-electron chi connectivity index (χ3n) is 3.39. The number of rotatable bonds is 6. The van der Waals surface area contributed by atoms with Crippen LogP contribution < -0.4 is 0 Å². The van der Waals surface area contributed by atoms with Crippen molar-refractivity contribution in [3.63, 3.8) is 0 Å². The second-order valence-electron chi connectivity index (χ2n) is 7.54. The van der Waals surface area contributed by atoms with Crippen molar-refractivity contribution in [1.29, 1.82) is 0 Å². The topological polar surface area (TPSA) is 26.3 Å². The molecule has 0 bridgehead atoms. The van der Waals surface area contributed by atoms with E-state index in [-0.39, 0.29) is 11.1 Å². The second kappa shape index (κ2) is 6.30. The molecule has 4 heteroatoms. The van der Waals surface area contributed by atoms with Gasteiger partial charge in [0.05, 0.1) is 14.2 Å². The van der Waals surface area contributed by atoms with Crippen LogP contribution in [-0.4, -0.2) is 28.8 Å². The highest BCUT2D eigenvalue weighted by Crippen LogP contribution is 2.37. The van der Waals surface area contributed by atoms with Crippen molar-refractivity contribution in [3.05, 3.63) is 11.8 Å². The molecular weight excluding hydrogens is 256 g/mol. The van der Waals surface area contributed by atoms with Gasteiger partial charge in [-0.1, -0.05) is 52.2 Å². The Morgan fingerprint density at radius 3 is 1.94 bits per heavy atom. The summed E-state index contributed by atoms with van der Waals surface area (Å²) in [6, 6.07) is 0. The first-order chi connectivity index (χ1) is 7.89. The molecule has 18 heavy (non-hydrogen) atoms. The molecule has 0 amide bonds. The Kier molecular flexibility index (Phi) is 6.23. The van der Waals surface area contributed by atoms with Gasteiger partial charge >= 0.3 is 0 Å². The highest BCUT2D eigenvalue weighted by Gasteiger charge is 2.38. The molecule has 0 N–H and O–H groups in total. The van der Waals surface area contributed by atoms with E-state index < -0.39 is 16.4 Å². The molecule has 0 radical (unpaired) electrons. The van der Waals surface area contributed by atoms with Gasteiger partial charge in [0, 0.05) is 6.42 Å². The maximum atomic E-state index is 10.8. The van der Waals surface area contributed by atoms with Crippen LogP contribution in [0.25, 0.3) is 0 Å². The molecule has 0 aliphatic heterocycles. The number of carbonyl (C=O) groups excluding carboxylic acids is 1. The Labute approximate surface area is 115 Å². The van der Waals surface area contributed by atoms with Crippen LogP contribution in [0.4, 0.5) is 0 Å². The summed E-state index contributed by atoms with van der Waals surface area (Å²) in [4.78, 5) is 10.8. The van der Waals surface area contributed by atoms with Gasteiger partial charge in [0.15, 0.2) is 8.32 Å². The molecule has 0 aromatic heterocycles. The van der Waals surface area contributed by atoms with E-state index in [0.717, 1.165) is 6.29 Å². The van der Waals surface area contributed by atoms with E-state index in [4.69, 9.17) is 4.43 Å². The van der Waals surface area contributed by atoms with Crippen molar-refractivity contribution in [2.24, 2.45) is 0 Å². The molecule has 0 saturated carbocycles. The lowest BCUT2D eigenvalue weighted by atomic mass is 10.2. The first-order valence-corrected chi connectivity index (χ1v) is 13.2. The van der Waals surface area contributed by atoms with Crippen LogP contribution in [0.3, 0.4) is 0 Å². The van der Waals surface area contributed by atoms with Gasteiger partial charge in [-0.25, -0.2) is 0 Å². The van der Waals surface area contributed by atoms with Gasteiger partial charge in [-0.05, 0) is 18.1 Å². The summed E-state index contributed by atoms with van der Waals surface area (Å²) in [6.45, 7) is 18.0. The molecule has 0 spiro atoms. The predicted octanol–water partition coefficient (Wildman–Crippen LogP) is 4.40. The molecule has 0 fully saturated rings. The number of aldehydes is 1. The Hall–Kier alpha value is -0.196. The monoisotopic (exact) mass is 286 g/mol. The molecule has 0 rings (SSSR count). The Bertz CT molecular complexity index is 296. The molecule has 0 aliphatic carbocycles. The zero-order chi connectivity index (χ0) is 14.6. The Balaban J connectivity index is 4.84. The van der Waals surface area contributed by atoms with Crippen LogP contribution in [0.15, 0.2) is 11.8 Å². The van der Waals surface area contributed by atoms with Crippen LogP contribution in [-0.2, 0) is 9.22 Å². The summed E-state index contributed by atoms with van der Waals surface area (Å²) in [5.74, 6) is 0. The summed E-state index contributed by atoms with van der Waals surface area (Å²) in [5, 5.41) is 0.182. The number of hydrogen-bond donors (Lipinski definition) is 0. The third kappa shape index (κ3) is 6.66. The summed E-state index contributed by atoms with van der Waals surface area (Å²) in [7, 11) is -3.03. The standard InChI is InChI=1S/C14H30O2Si2/c1-14(2,3)18(7,8)16-13(9-11-15)10-12-17(4,5)6/h10-13H,9H2,1-8H3/b12-10+. The van der Waals surface area contributed by atoms with Gasteiger partial charge in [-0.2, -0.15) is 0 Å². The third-order valence-corrected chi connectivity index (χ3v) is 9.09. The van der Waals surface area contributed by atoms with E-state index in [1.54, 1.807) is 0 Å². The minimum absolute atomic E-state index is 0.0462. The Morgan fingerprint density at radius 1 is 1.11 bits per heavy atom. The molecule has 1 atom stereocenters. The lowest BCUT2D eigenvalue weighted by molar-refractivity contribution is -0.108. The molecule has 106 valence electrons. The summed E-state index contributed by atoms with van der Waals surface area (Å²) in [5.41, 5.74) is 2.27. The van der Waals surface area contributed by atoms with Gasteiger partial charge < -0.3 is 9.22 Å². The van der Waals surface area contributed by atoms with Crippen LogP contribution in [0.5, 0.6) is 0 Å². The van der Waals surface area contributed by atoms with E-state index >= 15 is 0 Å². The van der Waals surface area contributed by atoms with Crippen molar-refractivity contribution in [2.45, 2.75) is 71.1 Å².